The van der Waals surface area contributed by atoms with E-state index in [4.69, 9.17) is 4.74 Å². The maximum Gasteiger partial charge on any atom is 0.157 e. The zero-order valence-electron chi connectivity index (χ0n) is 12.7. The van der Waals surface area contributed by atoms with E-state index >= 15 is 0 Å². The van der Waals surface area contributed by atoms with Gasteiger partial charge in [-0.3, -0.25) is 0 Å². The summed E-state index contributed by atoms with van der Waals surface area (Å²) in [5.74, 6) is 6.28. The number of hydrogen-bond acceptors (Lipinski definition) is 2. The molecule has 4 aliphatic carbocycles. The Morgan fingerprint density at radius 2 is 1.68 bits per heavy atom. The lowest BCUT2D eigenvalue weighted by atomic mass is 9.35. The van der Waals surface area contributed by atoms with Crippen molar-refractivity contribution in [3.05, 3.63) is 0 Å². The van der Waals surface area contributed by atoms with Crippen LogP contribution in [0, 0.1) is 47.3 Å². The summed E-state index contributed by atoms with van der Waals surface area (Å²) in [4.78, 5) is 0. The summed E-state index contributed by atoms with van der Waals surface area (Å²) in [7, 11) is 0. The first-order valence-electron chi connectivity index (χ1n) is 8.32. The lowest BCUT2D eigenvalue weighted by Gasteiger charge is -2.74. The van der Waals surface area contributed by atoms with Gasteiger partial charge in [0.15, 0.2) is 6.29 Å². The van der Waals surface area contributed by atoms with E-state index in [-0.39, 0.29) is 11.5 Å². The molecule has 4 fully saturated rings. The van der Waals surface area contributed by atoms with Crippen LogP contribution >= 0.6 is 0 Å². The molecule has 108 valence electrons. The van der Waals surface area contributed by atoms with Crippen molar-refractivity contribution >= 4 is 0 Å². The normalized spacial score (nSPS) is 55.1. The van der Waals surface area contributed by atoms with Gasteiger partial charge in [-0.15, -0.1) is 0 Å². The van der Waals surface area contributed by atoms with Crippen LogP contribution in [0.4, 0.5) is 0 Å². The highest BCUT2D eigenvalue weighted by Gasteiger charge is 2.77. The van der Waals surface area contributed by atoms with Crippen LogP contribution in [0.2, 0.25) is 0 Å². The summed E-state index contributed by atoms with van der Waals surface area (Å²) in [6, 6.07) is 0. The molecule has 2 heteroatoms. The molecule has 0 saturated heterocycles. The Bertz CT molecular complexity index is 391. The number of ether oxygens (including phenoxy) is 1. The third-order valence-electron chi connectivity index (χ3n) is 6.99. The topological polar surface area (TPSA) is 29.5 Å². The van der Waals surface area contributed by atoms with Gasteiger partial charge in [0.25, 0.3) is 0 Å². The van der Waals surface area contributed by atoms with E-state index in [1.165, 1.54) is 19.3 Å². The Hall–Kier alpha value is -0.0800. The smallest absolute Gasteiger partial charge is 0.157 e. The first-order chi connectivity index (χ1) is 8.96. The van der Waals surface area contributed by atoms with Crippen LogP contribution in [0.1, 0.15) is 47.0 Å². The van der Waals surface area contributed by atoms with Gasteiger partial charge in [0.1, 0.15) is 0 Å². The van der Waals surface area contributed by atoms with Crippen molar-refractivity contribution in [1.29, 1.82) is 0 Å². The largest absolute Gasteiger partial charge is 0.368 e. The van der Waals surface area contributed by atoms with Crippen molar-refractivity contribution < 1.29 is 9.84 Å². The van der Waals surface area contributed by atoms with Crippen LogP contribution in [0.25, 0.3) is 0 Å². The standard InChI is InChI=1S/C17H28O2/c1-8(2)16(18)19-17(9(3)4)13-6-10-5-11(10)12-7-14(17)15(12)13/h8-16,18H,5-7H2,1-4H3. The summed E-state index contributed by atoms with van der Waals surface area (Å²) in [6.45, 7) is 8.71. The van der Waals surface area contributed by atoms with E-state index in [0.29, 0.717) is 5.92 Å². The fourth-order valence-electron chi connectivity index (χ4n) is 5.94. The average molecular weight is 264 g/mol. The number of aliphatic hydroxyl groups is 1. The molecule has 4 rings (SSSR count). The molecule has 8 unspecified atom stereocenters. The summed E-state index contributed by atoms with van der Waals surface area (Å²) in [6.07, 6.45) is 3.67. The number of aliphatic hydroxyl groups excluding tert-OH is 1. The fourth-order valence-corrected chi connectivity index (χ4v) is 5.94. The van der Waals surface area contributed by atoms with E-state index < -0.39 is 6.29 Å². The molecule has 1 N–H and O–H groups in total. The molecule has 4 saturated carbocycles. The monoisotopic (exact) mass is 264 g/mol. The molecule has 0 bridgehead atoms. The maximum absolute atomic E-state index is 10.3. The van der Waals surface area contributed by atoms with Gasteiger partial charge in [-0.05, 0) is 60.7 Å². The van der Waals surface area contributed by atoms with Gasteiger partial charge in [0.2, 0.25) is 0 Å². The van der Waals surface area contributed by atoms with Crippen LogP contribution < -0.4 is 0 Å². The van der Waals surface area contributed by atoms with Crippen molar-refractivity contribution in [3.8, 4) is 0 Å². The first-order valence-corrected chi connectivity index (χ1v) is 8.32. The molecule has 4 aliphatic rings. The van der Waals surface area contributed by atoms with E-state index in [2.05, 4.69) is 27.7 Å². The molecular weight excluding hydrogens is 236 g/mol. The van der Waals surface area contributed by atoms with Crippen molar-refractivity contribution in [1.82, 2.24) is 0 Å². The Kier molecular flexibility index (Phi) is 2.50. The van der Waals surface area contributed by atoms with Crippen LogP contribution in [-0.2, 0) is 4.74 Å². The third-order valence-corrected chi connectivity index (χ3v) is 6.99. The van der Waals surface area contributed by atoms with Crippen molar-refractivity contribution in [2.75, 3.05) is 0 Å². The molecule has 0 aliphatic heterocycles. The lowest BCUT2D eigenvalue weighted by Crippen LogP contribution is -2.75. The van der Waals surface area contributed by atoms with Gasteiger partial charge >= 0.3 is 0 Å². The summed E-state index contributed by atoms with van der Waals surface area (Å²) in [5.41, 5.74) is -0.00157. The molecule has 0 spiro atoms. The van der Waals surface area contributed by atoms with E-state index in [0.717, 1.165) is 35.5 Å². The number of rotatable bonds is 4. The van der Waals surface area contributed by atoms with E-state index in [1.807, 2.05) is 0 Å². The molecule has 0 radical (unpaired) electrons. The molecule has 2 nitrogen and oxygen atoms in total. The summed E-state index contributed by atoms with van der Waals surface area (Å²) < 4.78 is 6.34. The molecule has 8 atom stereocenters. The van der Waals surface area contributed by atoms with Crippen LogP contribution in [0.5, 0.6) is 0 Å². The second-order valence-corrected chi connectivity index (χ2v) is 8.35. The molecule has 0 aromatic heterocycles. The van der Waals surface area contributed by atoms with Crippen molar-refractivity contribution in [3.63, 3.8) is 0 Å². The molecule has 0 aromatic carbocycles. The van der Waals surface area contributed by atoms with E-state index in [9.17, 15) is 5.11 Å². The SMILES string of the molecule is CC(C)C(O)OC1(C(C)C)C2CC3CC3C3CC1C32. The van der Waals surface area contributed by atoms with Gasteiger partial charge in [-0.25, -0.2) is 0 Å². The molecule has 19 heavy (non-hydrogen) atoms. The van der Waals surface area contributed by atoms with Crippen LogP contribution in [0.3, 0.4) is 0 Å². The van der Waals surface area contributed by atoms with Crippen molar-refractivity contribution in [2.45, 2.75) is 58.8 Å². The second-order valence-electron chi connectivity index (χ2n) is 8.35. The molecule has 0 aromatic rings. The second kappa shape index (κ2) is 3.76. The van der Waals surface area contributed by atoms with Gasteiger partial charge in [0, 0.05) is 5.92 Å². The fraction of sp³-hybridized carbons (Fsp3) is 1.00. The third kappa shape index (κ3) is 1.40. The minimum absolute atomic E-state index is 0.00157. The predicted octanol–water partition coefficient (Wildman–Crippen LogP) is 3.29. The van der Waals surface area contributed by atoms with Gasteiger partial charge in [0.05, 0.1) is 5.60 Å². The Balaban J connectivity index is 1.59. The predicted molar refractivity (Wildman–Crippen MR) is 74.3 cm³/mol. The van der Waals surface area contributed by atoms with Crippen LogP contribution in [-0.4, -0.2) is 17.0 Å². The highest BCUT2D eigenvalue weighted by atomic mass is 16.6. The first kappa shape index (κ1) is 12.6. The Morgan fingerprint density at radius 3 is 2.32 bits per heavy atom. The van der Waals surface area contributed by atoms with Gasteiger partial charge in [-0.2, -0.15) is 0 Å². The zero-order chi connectivity index (χ0) is 13.5. The zero-order valence-corrected chi connectivity index (χ0v) is 12.7. The highest BCUT2D eigenvalue weighted by molar-refractivity contribution is 5.25. The summed E-state index contributed by atoms with van der Waals surface area (Å²) in [5, 5.41) is 10.3. The van der Waals surface area contributed by atoms with E-state index in [1.54, 1.807) is 0 Å². The van der Waals surface area contributed by atoms with Gasteiger partial charge in [-0.1, -0.05) is 27.7 Å². The molecule has 0 heterocycles. The molecule has 0 amide bonds. The van der Waals surface area contributed by atoms with Crippen molar-refractivity contribution in [2.24, 2.45) is 47.3 Å². The minimum atomic E-state index is -0.584. The number of fused-ring (bicyclic) bond motifs is 2. The van der Waals surface area contributed by atoms with Gasteiger partial charge < -0.3 is 9.84 Å². The molecular formula is C17H28O2. The maximum atomic E-state index is 10.3. The van der Waals surface area contributed by atoms with Crippen LogP contribution in [0.15, 0.2) is 0 Å². The average Bonchev–Trinajstić information content (AvgIpc) is 3.02. The summed E-state index contributed by atoms with van der Waals surface area (Å²) >= 11 is 0. The highest BCUT2D eigenvalue weighted by Crippen LogP contribution is 2.78. The minimum Gasteiger partial charge on any atom is -0.368 e. The quantitative estimate of drug-likeness (QED) is 0.790. The number of hydrogen-bond donors (Lipinski definition) is 1. The lowest BCUT2D eigenvalue weighted by molar-refractivity contribution is -0.366. The Morgan fingerprint density at radius 1 is 1.00 bits per heavy atom. The Labute approximate surface area is 116 Å².